The highest BCUT2D eigenvalue weighted by Gasteiger charge is 2.06. The fourth-order valence-electron chi connectivity index (χ4n) is 1.10. The minimum atomic E-state index is -0.467. The Kier molecular flexibility index (Phi) is 4.09. The Morgan fingerprint density at radius 1 is 1.50 bits per heavy atom. The Labute approximate surface area is 82.9 Å². The van der Waals surface area contributed by atoms with Crippen LogP contribution in [0.1, 0.15) is 24.5 Å². The summed E-state index contributed by atoms with van der Waals surface area (Å²) in [4.78, 5) is 0. The van der Waals surface area contributed by atoms with Crippen LogP contribution in [0.4, 0.5) is 4.39 Å². The van der Waals surface area contributed by atoms with Crippen LogP contribution in [0.3, 0.4) is 0 Å². The van der Waals surface area contributed by atoms with Gasteiger partial charge in [-0.3, -0.25) is 0 Å². The molecule has 0 aromatic heterocycles. The zero-order valence-corrected chi connectivity index (χ0v) is 8.09. The smallest absolute Gasteiger partial charge is 0.146 e. The van der Waals surface area contributed by atoms with E-state index in [0.29, 0.717) is 12.2 Å². The van der Waals surface area contributed by atoms with Gasteiger partial charge in [0.1, 0.15) is 11.9 Å². The lowest BCUT2D eigenvalue weighted by molar-refractivity contribution is 0.119. The minimum Gasteiger partial charge on any atom is -0.377 e. The Bertz CT molecular complexity index is 344. The molecular formula is C11H12FNO. The van der Waals surface area contributed by atoms with Crippen molar-refractivity contribution in [3.63, 3.8) is 0 Å². The van der Waals surface area contributed by atoms with Gasteiger partial charge in [-0.05, 0) is 12.5 Å². The highest BCUT2D eigenvalue weighted by atomic mass is 19.1. The molecule has 0 heterocycles. The zero-order chi connectivity index (χ0) is 10.4. The molecule has 1 aromatic carbocycles. The van der Waals surface area contributed by atoms with E-state index < -0.39 is 5.82 Å². The maximum absolute atomic E-state index is 13.4. The van der Waals surface area contributed by atoms with E-state index in [4.69, 9.17) is 10.00 Å². The van der Waals surface area contributed by atoms with E-state index in [1.54, 1.807) is 18.2 Å². The average molecular weight is 193 g/mol. The van der Waals surface area contributed by atoms with Crippen molar-refractivity contribution in [1.29, 1.82) is 5.26 Å². The molecular weight excluding hydrogens is 181 g/mol. The van der Waals surface area contributed by atoms with Gasteiger partial charge in [0, 0.05) is 12.2 Å². The molecule has 0 saturated carbocycles. The third-order valence-electron chi connectivity index (χ3n) is 1.81. The third kappa shape index (κ3) is 2.54. The van der Waals surface area contributed by atoms with Crippen LogP contribution in [-0.4, -0.2) is 6.61 Å². The van der Waals surface area contributed by atoms with Crippen LogP contribution in [0.5, 0.6) is 0 Å². The molecule has 0 fully saturated rings. The van der Waals surface area contributed by atoms with Crippen molar-refractivity contribution >= 4 is 0 Å². The molecule has 0 aliphatic heterocycles. The highest BCUT2D eigenvalue weighted by Crippen LogP contribution is 2.12. The number of rotatable bonds is 4. The number of ether oxygens (including phenoxy) is 1. The molecule has 0 spiro atoms. The molecule has 2 nitrogen and oxygen atoms in total. The molecule has 1 aromatic rings. The Hall–Kier alpha value is -1.40. The summed E-state index contributed by atoms with van der Waals surface area (Å²) in [6, 6.07) is 6.54. The van der Waals surface area contributed by atoms with E-state index in [1.807, 2.05) is 6.92 Å². The van der Waals surface area contributed by atoms with E-state index in [-0.39, 0.29) is 12.2 Å². The molecule has 3 heteroatoms. The summed E-state index contributed by atoms with van der Waals surface area (Å²) < 4.78 is 18.6. The molecule has 0 N–H and O–H groups in total. The van der Waals surface area contributed by atoms with Crippen LogP contribution in [0, 0.1) is 17.1 Å². The third-order valence-corrected chi connectivity index (χ3v) is 1.81. The van der Waals surface area contributed by atoms with Gasteiger partial charge in [0.2, 0.25) is 0 Å². The van der Waals surface area contributed by atoms with Crippen molar-refractivity contribution in [3.8, 4) is 6.07 Å². The fourth-order valence-corrected chi connectivity index (χ4v) is 1.10. The van der Waals surface area contributed by atoms with Crippen molar-refractivity contribution in [3.05, 3.63) is 35.1 Å². The maximum Gasteiger partial charge on any atom is 0.146 e. The molecule has 0 atom stereocenters. The summed E-state index contributed by atoms with van der Waals surface area (Å²) in [6.07, 6.45) is 0.902. The van der Waals surface area contributed by atoms with E-state index in [0.717, 1.165) is 6.42 Å². The van der Waals surface area contributed by atoms with Gasteiger partial charge in [-0.1, -0.05) is 19.1 Å². The molecule has 0 aliphatic carbocycles. The molecule has 0 unspecified atom stereocenters. The molecule has 14 heavy (non-hydrogen) atoms. The summed E-state index contributed by atoms with van der Waals surface area (Å²) in [5.74, 6) is -0.467. The number of halogens is 1. The van der Waals surface area contributed by atoms with Crippen molar-refractivity contribution < 1.29 is 9.13 Å². The summed E-state index contributed by atoms with van der Waals surface area (Å²) in [6.45, 7) is 2.83. The summed E-state index contributed by atoms with van der Waals surface area (Å²) in [5, 5.41) is 8.58. The second-order valence-electron chi connectivity index (χ2n) is 2.94. The zero-order valence-electron chi connectivity index (χ0n) is 8.09. The predicted molar refractivity (Wildman–Crippen MR) is 51.1 cm³/mol. The monoisotopic (exact) mass is 193 g/mol. The largest absolute Gasteiger partial charge is 0.377 e. The Balaban J connectivity index is 2.73. The SMILES string of the molecule is CCCOCc1cccc(C#N)c1F. The first kappa shape index (κ1) is 10.7. The molecule has 0 aliphatic rings. The van der Waals surface area contributed by atoms with E-state index in [1.165, 1.54) is 6.07 Å². The topological polar surface area (TPSA) is 33.0 Å². The Morgan fingerprint density at radius 2 is 2.29 bits per heavy atom. The maximum atomic E-state index is 13.4. The number of nitriles is 1. The standard InChI is InChI=1S/C11H12FNO/c1-2-6-14-8-10-5-3-4-9(7-13)11(10)12/h3-5H,2,6,8H2,1H3. The van der Waals surface area contributed by atoms with E-state index in [9.17, 15) is 4.39 Å². The van der Waals surface area contributed by atoms with Gasteiger partial charge < -0.3 is 4.74 Å². The number of nitrogens with zero attached hydrogens (tertiary/aromatic N) is 1. The van der Waals surface area contributed by atoms with Gasteiger partial charge in [0.25, 0.3) is 0 Å². The first-order valence-corrected chi connectivity index (χ1v) is 4.54. The quantitative estimate of drug-likeness (QED) is 0.688. The lowest BCUT2D eigenvalue weighted by atomic mass is 10.1. The normalized spacial score (nSPS) is 9.79. The van der Waals surface area contributed by atoms with Crippen LogP contribution in [0.2, 0.25) is 0 Å². The van der Waals surface area contributed by atoms with Gasteiger partial charge in [-0.15, -0.1) is 0 Å². The summed E-state index contributed by atoms with van der Waals surface area (Å²) in [5.41, 5.74) is 0.514. The lowest BCUT2D eigenvalue weighted by Crippen LogP contribution is -1.98. The van der Waals surface area contributed by atoms with Gasteiger partial charge in [0.15, 0.2) is 0 Å². The number of hydrogen-bond donors (Lipinski definition) is 0. The van der Waals surface area contributed by atoms with Crippen LogP contribution < -0.4 is 0 Å². The van der Waals surface area contributed by atoms with Crippen LogP contribution >= 0.6 is 0 Å². The van der Waals surface area contributed by atoms with Crippen LogP contribution in [-0.2, 0) is 11.3 Å². The first-order chi connectivity index (χ1) is 6.79. The molecule has 74 valence electrons. The molecule has 0 radical (unpaired) electrons. The average Bonchev–Trinajstić information content (AvgIpc) is 2.21. The summed E-state index contributed by atoms with van der Waals surface area (Å²) in [7, 11) is 0. The first-order valence-electron chi connectivity index (χ1n) is 4.54. The fraction of sp³-hybridized carbons (Fsp3) is 0.364. The second-order valence-corrected chi connectivity index (χ2v) is 2.94. The van der Waals surface area contributed by atoms with Crippen molar-refractivity contribution in [2.75, 3.05) is 6.61 Å². The lowest BCUT2D eigenvalue weighted by Gasteiger charge is -2.04. The van der Waals surface area contributed by atoms with Crippen LogP contribution in [0.25, 0.3) is 0 Å². The Morgan fingerprint density at radius 3 is 2.93 bits per heavy atom. The van der Waals surface area contributed by atoms with Crippen molar-refractivity contribution in [2.24, 2.45) is 0 Å². The number of benzene rings is 1. The van der Waals surface area contributed by atoms with E-state index in [2.05, 4.69) is 0 Å². The summed E-state index contributed by atoms with van der Waals surface area (Å²) >= 11 is 0. The highest BCUT2D eigenvalue weighted by molar-refractivity contribution is 5.34. The molecule has 1 rings (SSSR count). The van der Waals surface area contributed by atoms with Gasteiger partial charge in [0.05, 0.1) is 12.2 Å². The minimum absolute atomic E-state index is 0.0719. The molecule has 0 bridgehead atoms. The predicted octanol–water partition coefficient (Wildman–Crippen LogP) is 2.62. The molecule has 0 saturated heterocycles. The van der Waals surface area contributed by atoms with E-state index >= 15 is 0 Å². The van der Waals surface area contributed by atoms with Gasteiger partial charge >= 0.3 is 0 Å². The van der Waals surface area contributed by atoms with Gasteiger partial charge in [-0.25, -0.2) is 4.39 Å². The van der Waals surface area contributed by atoms with Crippen molar-refractivity contribution in [1.82, 2.24) is 0 Å². The van der Waals surface area contributed by atoms with Crippen LogP contribution in [0.15, 0.2) is 18.2 Å². The number of hydrogen-bond acceptors (Lipinski definition) is 2. The molecule has 0 amide bonds. The van der Waals surface area contributed by atoms with Crippen molar-refractivity contribution in [2.45, 2.75) is 20.0 Å². The van der Waals surface area contributed by atoms with Gasteiger partial charge in [-0.2, -0.15) is 5.26 Å². The second kappa shape index (κ2) is 5.36.